The zero-order chi connectivity index (χ0) is 21.9. The summed E-state index contributed by atoms with van der Waals surface area (Å²) in [5.74, 6) is 0.349. The molecule has 2 aromatic heterocycles. The molecule has 164 valence electrons. The van der Waals surface area contributed by atoms with Gasteiger partial charge in [-0.2, -0.15) is 0 Å². The van der Waals surface area contributed by atoms with Crippen LogP contribution in [0.2, 0.25) is 0 Å². The third-order valence-corrected chi connectivity index (χ3v) is 6.97. The van der Waals surface area contributed by atoms with E-state index < -0.39 is 26.8 Å². The van der Waals surface area contributed by atoms with Crippen LogP contribution in [0.3, 0.4) is 0 Å². The molecular weight excluding hydrogens is 408 g/mol. The zero-order valence-corrected chi connectivity index (χ0v) is 18.5. The number of methoxy groups -OCH3 is 1. The summed E-state index contributed by atoms with van der Waals surface area (Å²) in [6, 6.07) is 5.42. The lowest BCUT2D eigenvalue weighted by Gasteiger charge is -2.21. The standard InChI is InChI=1S/C20H28N4O5S/c1-20(2,3)29-19(25)22-10-12-30(26,27)14-8-11-24(13-14)16-7-9-21-15-5-6-17(28-4)23-18(15)16/h5-7,9,14H,8,10-13H2,1-4H3,(H,22,25). The third kappa shape index (κ3) is 5.29. The summed E-state index contributed by atoms with van der Waals surface area (Å²) in [7, 11) is -1.83. The van der Waals surface area contributed by atoms with E-state index >= 15 is 0 Å². The van der Waals surface area contributed by atoms with Crippen molar-refractivity contribution in [1.82, 2.24) is 15.3 Å². The minimum Gasteiger partial charge on any atom is -0.481 e. The molecule has 9 nitrogen and oxygen atoms in total. The molecule has 0 saturated carbocycles. The number of hydrogen-bond acceptors (Lipinski definition) is 8. The molecule has 1 amide bonds. The molecule has 0 bridgehead atoms. The molecule has 0 radical (unpaired) electrons. The second-order valence-corrected chi connectivity index (χ2v) is 10.6. The van der Waals surface area contributed by atoms with E-state index in [-0.39, 0.29) is 12.3 Å². The highest BCUT2D eigenvalue weighted by molar-refractivity contribution is 7.92. The van der Waals surface area contributed by atoms with Crippen LogP contribution < -0.4 is 15.0 Å². The van der Waals surface area contributed by atoms with Crippen LogP contribution in [0, 0.1) is 0 Å². The number of alkyl carbamates (subject to hydrolysis) is 1. The predicted octanol–water partition coefficient (Wildman–Crippen LogP) is 2.16. The number of carbonyl (C=O) groups is 1. The normalized spacial score (nSPS) is 17.2. The van der Waals surface area contributed by atoms with Crippen molar-refractivity contribution in [3.8, 4) is 5.88 Å². The van der Waals surface area contributed by atoms with E-state index in [1.807, 2.05) is 17.0 Å². The van der Waals surface area contributed by atoms with Crippen LogP contribution in [0.1, 0.15) is 27.2 Å². The summed E-state index contributed by atoms with van der Waals surface area (Å²) in [6.07, 6.45) is 1.59. The Hall–Kier alpha value is -2.62. The quantitative estimate of drug-likeness (QED) is 0.733. The molecular formula is C20H28N4O5S. The van der Waals surface area contributed by atoms with Gasteiger partial charge in [0.25, 0.3) is 0 Å². The topological polar surface area (TPSA) is 111 Å². The summed E-state index contributed by atoms with van der Waals surface area (Å²) in [4.78, 5) is 22.5. The Labute approximate surface area is 176 Å². The van der Waals surface area contributed by atoms with Crippen LogP contribution in [-0.4, -0.2) is 67.8 Å². The first-order chi connectivity index (χ1) is 14.1. The lowest BCUT2D eigenvalue weighted by atomic mass is 10.2. The van der Waals surface area contributed by atoms with Gasteiger partial charge in [-0.15, -0.1) is 0 Å². The summed E-state index contributed by atoms with van der Waals surface area (Å²) in [5.41, 5.74) is 1.62. The van der Waals surface area contributed by atoms with Crippen molar-refractivity contribution in [2.45, 2.75) is 38.0 Å². The van der Waals surface area contributed by atoms with Crippen LogP contribution >= 0.6 is 0 Å². The lowest BCUT2D eigenvalue weighted by molar-refractivity contribution is 0.0531. The molecule has 1 unspecified atom stereocenters. The molecule has 0 spiro atoms. The minimum absolute atomic E-state index is 0.0185. The number of nitrogens with one attached hydrogen (secondary N) is 1. The largest absolute Gasteiger partial charge is 0.481 e. The van der Waals surface area contributed by atoms with Gasteiger partial charge < -0.3 is 19.7 Å². The van der Waals surface area contributed by atoms with Crippen molar-refractivity contribution in [1.29, 1.82) is 0 Å². The maximum absolute atomic E-state index is 12.8. The molecule has 0 aromatic carbocycles. The van der Waals surface area contributed by atoms with E-state index in [0.717, 1.165) is 11.2 Å². The van der Waals surface area contributed by atoms with Gasteiger partial charge in [-0.25, -0.2) is 18.2 Å². The number of amides is 1. The number of ether oxygens (including phenoxy) is 2. The molecule has 1 aliphatic heterocycles. The molecule has 30 heavy (non-hydrogen) atoms. The number of fused-ring (bicyclic) bond motifs is 1. The van der Waals surface area contributed by atoms with Crippen LogP contribution in [-0.2, 0) is 14.6 Å². The van der Waals surface area contributed by atoms with Gasteiger partial charge >= 0.3 is 6.09 Å². The number of anilines is 1. The summed E-state index contributed by atoms with van der Waals surface area (Å²) in [5, 5.41) is 2.00. The van der Waals surface area contributed by atoms with Gasteiger partial charge in [0.2, 0.25) is 5.88 Å². The number of carbonyl (C=O) groups excluding carboxylic acids is 1. The average molecular weight is 437 g/mol. The van der Waals surface area contributed by atoms with E-state index in [2.05, 4.69) is 15.3 Å². The Bertz CT molecular complexity index is 1020. The predicted molar refractivity (Wildman–Crippen MR) is 115 cm³/mol. The highest BCUT2D eigenvalue weighted by atomic mass is 32.2. The van der Waals surface area contributed by atoms with Crippen molar-refractivity contribution in [3.63, 3.8) is 0 Å². The van der Waals surface area contributed by atoms with Crippen LogP contribution in [0.5, 0.6) is 5.88 Å². The van der Waals surface area contributed by atoms with E-state index in [9.17, 15) is 13.2 Å². The molecule has 3 rings (SSSR count). The summed E-state index contributed by atoms with van der Waals surface area (Å²) < 4.78 is 35.9. The molecule has 2 aromatic rings. The molecule has 1 aliphatic rings. The fraction of sp³-hybridized carbons (Fsp3) is 0.550. The number of aromatic nitrogens is 2. The monoisotopic (exact) mass is 436 g/mol. The highest BCUT2D eigenvalue weighted by Crippen LogP contribution is 2.30. The number of nitrogens with zero attached hydrogens (tertiary/aromatic N) is 3. The molecule has 0 aliphatic carbocycles. The van der Waals surface area contributed by atoms with E-state index in [4.69, 9.17) is 9.47 Å². The average Bonchev–Trinajstić information content (AvgIpc) is 3.16. The van der Waals surface area contributed by atoms with Crippen molar-refractivity contribution < 1.29 is 22.7 Å². The van der Waals surface area contributed by atoms with Gasteiger partial charge in [0, 0.05) is 31.9 Å². The number of rotatable bonds is 6. The maximum atomic E-state index is 12.8. The fourth-order valence-corrected chi connectivity index (χ4v) is 4.97. The first kappa shape index (κ1) is 22.1. The van der Waals surface area contributed by atoms with Crippen molar-refractivity contribution in [2.75, 3.05) is 37.4 Å². The van der Waals surface area contributed by atoms with Gasteiger partial charge in [-0.1, -0.05) is 0 Å². The number of pyridine rings is 2. The van der Waals surface area contributed by atoms with Crippen LogP contribution in [0.4, 0.5) is 10.5 Å². The lowest BCUT2D eigenvalue weighted by Crippen LogP contribution is -2.37. The second kappa shape index (κ2) is 8.63. The van der Waals surface area contributed by atoms with E-state index in [1.165, 1.54) is 0 Å². The molecule has 1 saturated heterocycles. The second-order valence-electron chi connectivity index (χ2n) is 8.20. The first-order valence-electron chi connectivity index (χ1n) is 9.82. The Morgan fingerprint density at radius 2 is 2.07 bits per heavy atom. The Morgan fingerprint density at radius 3 is 2.77 bits per heavy atom. The number of hydrogen-bond donors (Lipinski definition) is 1. The van der Waals surface area contributed by atoms with E-state index in [0.29, 0.717) is 30.9 Å². The van der Waals surface area contributed by atoms with Gasteiger partial charge in [0.1, 0.15) is 11.1 Å². The Balaban J connectivity index is 1.65. The SMILES string of the molecule is COc1ccc2nccc(N3CCC(S(=O)(=O)CCNC(=O)OC(C)(C)C)C3)c2n1. The Morgan fingerprint density at radius 1 is 1.30 bits per heavy atom. The molecule has 3 heterocycles. The van der Waals surface area contributed by atoms with Crippen molar-refractivity contribution in [2.24, 2.45) is 0 Å². The van der Waals surface area contributed by atoms with Gasteiger partial charge in [0.05, 0.1) is 29.3 Å². The van der Waals surface area contributed by atoms with Crippen LogP contribution in [0.25, 0.3) is 11.0 Å². The van der Waals surface area contributed by atoms with Crippen LogP contribution in [0.15, 0.2) is 24.4 Å². The summed E-state index contributed by atoms with van der Waals surface area (Å²) in [6.45, 7) is 6.25. The van der Waals surface area contributed by atoms with Gasteiger partial charge in [-0.05, 0) is 39.3 Å². The fourth-order valence-electron chi connectivity index (χ4n) is 3.38. The Kier molecular flexibility index (Phi) is 6.35. The van der Waals surface area contributed by atoms with Crippen molar-refractivity contribution in [3.05, 3.63) is 24.4 Å². The van der Waals surface area contributed by atoms with Crippen molar-refractivity contribution >= 4 is 32.7 Å². The molecule has 1 fully saturated rings. The van der Waals surface area contributed by atoms with Gasteiger partial charge in [0.15, 0.2) is 9.84 Å². The van der Waals surface area contributed by atoms with E-state index in [1.54, 1.807) is 40.1 Å². The third-order valence-electron chi connectivity index (χ3n) is 4.79. The molecule has 10 heteroatoms. The zero-order valence-electron chi connectivity index (χ0n) is 17.7. The number of sulfone groups is 1. The molecule has 1 atom stereocenters. The maximum Gasteiger partial charge on any atom is 0.407 e. The smallest absolute Gasteiger partial charge is 0.407 e. The molecule has 1 N–H and O–H groups in total. The minimum atomic E-state index is -3.38. The summed E-state index contributed by atoms with van der Waals surface area (Å²) >= 11 is 0. The highest BCUT2D eigenvalue weighted by Gasteiger charge is 2.33. The van der Waals surface area contributed by atoms with Gasteiger partial charge in [-0.3, -0.25) is 4.98 Å². The first-order valence-corrected chi connectivity index (χ1v) is 11.5.